The van der Waals surface area contributed by atoms with Gasteiger partial charge >= 0.3 is 0 Å². The fourth-order valence-electron chi connectivity index (χ4n) is 3.73. The molecule has 24 heavy (non-hydrogen) atoms. The summed E-state index contributed by atoms with van der Waals surface area (Å²) >= 11 is 0. The maximum absolute atomic E-state index is 5.95. The van der Waals surface area contributed by atoms with Gasteiger partial charge in [0, 0.05) is 37.2 Å². The van der Waals surface area contributed by atoms with Crippen LogP contribution in [0.15, 0.2) is 42.9 Å². The number of benzene rings is 1. The Labute approximate surface area is 141 Å². The number of aromatic amines is 1. The van der Waals surface area contributed by atoms with Gasteiger partial charge in [-0.2, -0.15) is 0 Å². The molecule has 1 atom stereocenters. The van der Waals surface area contributed by atoms with Crippen LogP contribution < -0.4 is 5.73 Å². The monoisotopic (exact) mass is 321 g/mol. The van der Waals surface area contributed by atoms with Gasteiger partial charge in [-0.3, -0.25) is 9.88 Å². The topological polar surface area (TPSA) is 70.8 Å². The van der Waals surface area contributed by atoms with Crippen LogP contribution in [-0.4, -0.2) is 32.9 Å². The number of fused-ring (bicyclic) bond motifs is 1. The largest absolute Gasteiger partial charge is 0.382 e. The van der Waals surface area contributed by atoms with Crippen LogP contribution in [0, 0.1) is 5.92 Å². The highest BCUT2D eigenvalue weighted by molar-refractivity contribution is 5.79. The van der Waals surface area contributed by atoms with Crippen LogP contribution >= 0.6 is 0 Å². The van der Waals surface area contributed by atoms with Crippen molar-refractivity contribution in [2.45, 2.75) is 25.8 Å². The lowest BCUT2D eigenvalue weighted by Crippen LogP contribution is -2.36. The van der Waals surface area contributed by atoms with Crippen LogP contribution in [-0.2, 0) is 13.0 Å². The Hall–Kier alpha value is -2.40. The van der Waals surface area contributed by atoms with E-state index >= 15 is 0 Å². The molecule has 5 heteroatoms. The van der Waals surface area contributed by atoms with Crippen molar-refractivity contribution in [3.63, 3.8) is 0 Å². The summed E-state index contributed by atoms with van der Waals surface area (Å²) in [5, 5.41) is 1.29. The molecule has 3 heterocycles. The van der Waals surface area contributed by atoms with E-state index in [1.54, 1.807) is 12.4 Å². The molecular formula is C19H23N5. The maximum Gasteiger partial charge on any atom is 0.145 e. The molecule has 0 aliphatic carbocycles. The van der Waals surface area contributed by atoms with Crippen LogP contribution in [0.4, 0.5) is 5.82 Å². The molecule has 5 nitrogen and oxygen atoms in total. The maximum atomic E-state index is 5.95. The fourth-order valence-corrected chi connectivity index (χ4v) is 3.73. The van der Waals surface area contributed by atoms with Crippen LogP contribution in [0.2, 0.25) is 0 Å². The minimum atomic E-state index is 0.576. The van der Waals surface area contributed by atoms with Crippen molar-refractivity contribution in [2.75, 3.05) is 18.8 Å². The predicted octanol–water partition coefficient (Wildman–Crippen LogP) is 2.99. The predicted molar refractivity (Wildman–Crippen MR) is 96.4 cm³/mol. The summed E-state index contributed by atoms with van der Waals surface area (Å²) in [4.78, 5) is 14.4. The number of hydrogen-bond donors (Lipinski definition) is 2. The van der Waals surface area contributed by atoms with E-state index in [2.05, 4.69) is 44.1 Å². The minimum Gasteiger partial charge on any atom is -0.382 e. The van der Waals surface area contributed by atoms with Gasteiger partial charge in [0.25, 0.3) is 0 Å². The number of nitrogens with zero attached hydrogens (tertiary/aromatic N) is 3. The van der Waals surface area contributed by atoms with Gasteiger partial charge in [-0.25, -0.2) is 4.98 Å². The number of aromatic nitrogens is 3. The van der Waals surface area contributed by atoms with Gasteiger partial charge in [0.2, 0.25) is 0 Å². The molecule has 3 aromatic rings. The lowest BCUT2D eigenvalue weighted by molar-refractivity contribution is 0.166. The van der Waals surface area contributed by atoms with Crippen LogP contribution in [0.1, 0.15) is 24.1 Å². The number of piperidine rings is 1. The first kappa shape index (κ1) is 15.1. The first-order valence-electron chi connectivity index (χ1n) is 8.61. The highest BCUT2D eigenvalue weighted by atomic mass is 15.1. The summed E-state index contributed by atoms with van der Waals surface area (Å²) in [7, 11) is 0. The molecule has 1 aliphatic rings. The molecule has 124 valence electrons. The Morgan fingerprint density at radius 2 is 2.12 bits per heavy atom. The average Bonchev–Trinajstić information content (AvgIpc) is 3.05. The highest BCUT2D eigenvalue weighted by Crippen LogP contribution is 2.24. The van der Waals surface area contributed by atoms with E-state index in [0.29, 0.717) is 11.7 Å². The van der Waals surface area contributed by atoms with E-state index < -0.39 is 0 Å². The Kier molecular flexibility index (Phi) is 4.17. The molecule has 1 fully saturated rings. The van der Waals surface area contributed by atoms with Gasteiger partial charge in [-0.05, 0) is 60.9 Å². The number of H-pyrrole nitrogens is 1. The van der Waals surface area contributed by atoms with Gasteiger partial charge in [0.1, 0.15) is 5.82 Å². The Morgan fingerprint density at radius 3 is 3.04 bits per heavy atom. The molecule has 0 spiro atoms. The van der Waals surface area contributed by atoms with Crippen LogP contribution in [0.5, 0.6) is 0 Å². The summed E-state index contributed by atoms with van der Waals surface area (Å²) in [5.74, 6) is 1.18. The van der Waals surface area contributed by atoms with E-state index in [9.17, 15) is 0 Å². The standard InChI is InChI=1S/C19H23N5/c20-19-18(22-7-8-23-19)11-14-2-1-9-24(12-14)13-15-3-4-17-16(10-15)5-6-21-17/h3-8,10,14,21H,1-2,9,11-13H2,(H2,20,23). The summed E-state index contributed by atoms with van der Waals surface area (Å²) in [6, 6.07) is 8.82. The molecule has 1 saturated heterocycles. The lowest BCUT2D eigenvalue weighted by Gasteiger charge is -2.32. The molecule has 3 N–H and O–H groups in total. The molecule has 1 unspecified atom stereocenters. The molecule has 0 radical (unpaired) electrons. The van der Waals surface area contributed by atoms with E-state index in [-0.39, 0.29) is 0 Å². The smallest absolute Gasteiger partial charge is 0.145 e. The number of nitrogens with one attached hydrogen (secondary N) is 1. The molecule has 0 bridgehead atoms. The molecule has 1 aromatic carbocycles. The SMILES string of the molecule is Nc1nccnc1CC1CCCN(Cc2ccc3[nH]ccc3c2)C1. The van der Waals surface area contributed by atoms with E-state index in [4.69, 9.17) is 5.73 Å². The Morgan fingerprint density at radius 1 is 1.21 bits per heavy atom. The third-order valence-electron chi connectivity index (χ3n) is 4.92. The van der Waals surface area contributed by atoms with Gasteiger partial charge in [0.15, 0.2) is 0 Å². The van der Waals surface area contributed by atoms with Gasteiger partial charge in [0.05, 0.1) is 5.69 Å². The van der Waals surface area contributed by atoms with E-state index in [0.717, 1.165) is 31.7 Å². The molecule has 2 aromatic heterocycles. The third kappa shape index (κ3) is 3.26. The molecule has 1 aliphatic heterocycles. The Balaban J connectivity index is 1.42. The normalized spacial score (nSPS) is 18.9. The average molecular weight is 321 g/mol. The summed E-state index contributed by atoms with van der Waals surface area (Å²) < 4.78 is 0. The van der Waals surface area contributed by atoms with Crippen LogP contribution in [0.3, 0.4) is 0 Å². The first-order valence-corrected chi connectivity index (χ1v) is 8.61. The van der Waals surface area contributed by atoms with E-state index in [1.807, 2.05) is 6.20 Å². The Bertz CT molecular complexity index is 825. The van der Waals surface area contributed by atoms with Crippen molar-refractivity contribution in [2.24, 2.45) is 5.92 Å². The van der Waals surface area contributed by atoms with Crippen molar-refractivity contribution in [3.05, 3.63) is 54.1 Å². The van der Waals surface area contributed by atoms with Crippen molar-refractivity contribution in [1.29, 1.82) is 0 Å². The summed E-state index contributed by atoms with van der Waals surface area (Å²) in [6.45, 7) is 3.27. The number of hydrogen-bond acceptors (Lipinski definition) is 4. The van der Waals surface area contributed by atoms with Gasteiger partial charge in [-0.15, -0.1) is 0 Å². The zero-order chi connectivity index (χ0) is 16.4. The zero-order valence-electron chi connectivity index (χ0n) is 13.8. The lowest BCUT2D eigenvalue weighted by atomic mass is 9.93. The van der Waals surface area contributed by atoms with Crippen LogP contribution in [0.25, 0.3) is 10.9 Å². The second kappa shape index (κ2) is 6.61. The summed E-state index contributed by atoms with van der Waals surface area (Å²) in [6.07, 6.45) is 8.78. The van der Waals surface area contributed by atoms with Gasteiger partial charge < -0.3 is 10.7 Å². The minimum absolute atomic E-state index is 0.576. The quantitative estimate of drug-likeness (QED) is 0.775. The second-order valence-corrected chi connectivity index (χ2v) is 6.74. The zero-order valence-corrected chi connectivity index (χ0v) is 13.8. The van der Waals surface area contributed by atoms with Crippen molar-refractivity contribution in [1.82, 2.24) is 19.9 Å². The molecule has 0 saturated carbocycles. The van der Waals surface area contributed by atoms with Crippen molar-refractivity contribution >= 4 is 16.7 Å². The van der Waals surface area contributed by atoms with Crippen molar-refractivity contribution in [3.8, 4) is 0 Å². The summed E-state index contributed by atoms with van der Waals surface area (Å²) in [5.41, 5.74) is 9.47. The first-order chi connectivity index (χ1) is 11.8. The van der Waals surface area contributed by atoms with Crippen molar-refractivity contribution < 1.29 is 0 Å². The fraction of sp³-hybridized carbons (Fsp3) is 0.368. The number of anilines is 1. The highest BCUT2D eigenvalue weighted by Gasteiger charge is 2.21. The molecule has 0 amide bonds. The number of nitrogens with two attached hydrogens (primary N) is 1. The molecular weight excluding hydrogens is 298 g/mol. The second-order valence-electron chi connectivity index (χ2n) is 6.74. The number of nitrogen functional groups attached to an aromatic ring is 1. The number of rotatable bonds is 4. The van der Waals surface area contributed by atoms with Gasteiger partial charge in [-0.1, -0.05) is 6.07 Å². The molecule has 4 rings (SSSR count). The third-order valence-corrected chi connectivity index (χ3v) is 4.92. The van der Waals surface area contributed by atoms with E-state index in [1.165, 1.54) is 29.3 Å². The number of likely N-dealkylation sites (tertiary alicyclic amines) is 1.